The molecule has 1 aliphatic carbocycles. The normalized spacial score (nSPS) is 15.4. The van der Waals surface area contributed by atoms with Crippen LogP contribution in [0.2, 0.25) is 0 Å². The molecule has 0 spiro atoms. The van der Waals surface area contributed by atoms with Crippen molar-refractivity contribution < 1.29 is 9.47 Å². The topological polar surface area (TPSA) is 115 Å². The van der Waals surface area contributed by atoms with E-state index < -0.39 is 7.92 Å². The molecule has 47 heavy (non-hydrogen) atoms. The zero-order valence-electron chi connectivity index (χ0n) is 27.1. The van der Waals surface area contributed by atoms with Crippen LogP contribution in [-0.4, -0.2) is 76.0 Å². The minimum Gasteiger partial charge on any atom is -0.494 e. The number of halogens is 1. The predicted molar refractivity (Wildman–Crippen MR) is 193 cm³/mol. The molecular formula is C34H39BrN9O2P. The predicted octanol–water partition coefficient (Wildman–Crippen LogP) is 6.84. The van der Waals surface area contributed by atoms with Crippen molar-refractivity contribution >= 4 is 69.0 Å². The number of piperidine rings is 1. The summed E-state index contributed by atoms with van der Waals surface area (Å²) in [5.41, 5.74) is 6.69. The molecule has 2 aromatic carbocycles. The van der Waals surface area contributed by atoms with E-state index in [4.69, 9.17) is 14.5 Å². The lowest BCUT2D eigenvalue weighted by atomic mass is 10.0. The molecule has 0 bridgehead atoms. The molecule has 244 valence electrons. The lowest BCUT2D eigenvalue weighted by molar-refractivity contribution is 0.0305. The van der Waals surface area contributed by atoms with Crippen molar-refractivity contribution in [2.75, 3.05) is 55.7 Å². The van der Waals surface area contributed by atoms with Crippen molar-refractivity contribution in [2.45, 2.75) is 31.8 Å². The number of aromatic nitrogens is 6. The van der Waals surface area contributed by atoms with E-state index in [-0.39, 0.29) is 0 Å². The number of aryl methyl sites for hydroxylation is 1. The molecule has 2 fully saturated rings. The second-order valence-corrected chi connectivity index (χ2v) is 15.4. The average Bonchev–Trinajstić information content (AvgIpc) is 3.82. The van der Waals surface area contributed by atoms with Crippen LogP contribution in [0.15, 0.2) is 59.7 Å². The number of hydrogen-bond donors (Lipinski definition) is 2. The molecule has 7 rings (SSSR count). The Morgan fingerprint density at radius 3 is 2.51 bits per heavy atom. The summed E-state index contributed by atoms with van der Waals surface area (Å²) >= 11 is 3.65. The third-order valence-corrected chi connectivity index (χ3v) is 10.6. The second-order valence-electron chi connectivity index (χ2n) is 12.4. The molecule has 0 unspecified atom stereocenters. The van der Waals surface area contributed by atoms with Crippen LogP contribution in [0.1, 0.15) is 25.7 Å². The number of methoxy groups -OCH3 is 1. The van der Waals surface area contributed by atoms with E-state index in [1.807, 2.05) is 36.3 Å². The van der Waals surface area contributed by atoms with Gasteiger partial charge in [-0.1, -0.05) is 7.92 Å². The molecule has 11 nitrogen and oxygen atoms in total. The Hall–Kier alpha value is -3.86. The van der Waals surface area contributed by atoms with Gasteiger partial charge in [-0.25, -0.2) is 4.98 Å². The van der Waals surface area contributed by atoms with Gasteiger partial charge in [-0.15, -0.1) is 0 Å². The summed E-state index contributed by atoms with van der Waals surface area (Å²) in [6.45, 7) is 7.18. The lowest BCUT2D eigenvalue weighted by Gasteiger charge is -2.35. The summed E-state index contributed by atoms with van der Waals surface area (Å²) in [6, 6.07) is 8.25. The molecule has 2 N–H and O–H groups in total. The van der Waals surface area contributed by atoms with Crippen molar-refractivity contribution in [1.29, 1.82) is 0 Å². The summed E-state index contributed by atoms with van der Waals surface area (Å²) in [5, 5.41) is 12.6. The highest BCUT2D eigenvalue weighted by atomic mass is 79.9. The largest absolute Gasteiger partial charge is 0.494 e. The van der Waals surface area contributed by atoms with Gasteiger partial charge in [0.25, 0.3) is 0 Å². The van der Waals surface area contributed by atoms with Crippen LogP contribution in [0.5, 0.6) is 5.75 Å². The molecule has 2 aliphatic rings. The van der Waals surface area contributed by atoms with Crippen molar-refractivity contribution in [3.63, 3.8) is 0 Å². The first-order chi connectivity index (χ1) is 22.9. The highest BCUT2D eigenvalue weighted by Crippen LogP contribution is 2.42. The SMILES string of the molecule is COc1cc(N2CCC(OCC3CC3)CC2)c(-c2cnn(C)c2)cc1Nc1ncc(Br)c(Nc2ccc3nccnc3c2P(C)C)n1. The Morgan fingerprint density at radius 1 is 0.979 bits per heavy atom. The molecule has 0 amide bonds. The second kappa shape index (κ2) is 13.7. The van der Waals surface area contributed by atoms with Crippen molar-refractivity contribution in [3.05, 3.63) is 59.7 Å². The number of nitrogens with zero attached hydrogens (tertiary/aromatic N) is 7. The van der Waals surface area contributed by atoms with Crippen LogP contribution in [0.25, 0.3) is 22.2 Å². The van der Waals surface area contributed by atoms with Gasteiger partial charge in [0.2, 0.25) is 5.95 Å². The monoisotopic (exact) mass is 715 g/mol. The van der Waals surface area contributed by atoms with Gasteiger partial charge in [0.1, 0.15) is 11.6 Å². The van der Waals surface area contributed by atoms with Gasteiger partial charge in [0.05, 0.1) is 40.6 Å². The number of anilines is 5. The minimum absolute atomic E-state index is 0.328. The molecule has 3 aromatic heterocycles. The van der Waals surface area contributed by atoms with Gasteiger partial charge < -0.3 is 25.0 Å². The van der Waals surface area contributed by atoms with Crippen LogP contribution >= 0.6 is 23.9 Å². The quantitative estimate of drug-likeness (QED) is 0.141. The summed E-state index contributed by atoms with van der Waals surface area (Å²) in [5.74, 6) is 2.56. The average molecular weight is 717 g/mol. The van der Waals surface area contributed by atoms with Crippen molar-refractivity contribution in [1.82, 2.24) is 29.7 Å². The van der Waals surface area contributed by atoms with E-state index in [0.29, 0.717) is 23.6 Å². The minimum atomic E-state index is -0.488. The third-order valence-electron chi connectivity index (χ3n) is 8.69. The number of ether oxygens (including phenoxy) is 2. The van der Waals surface area contributed by atoms with Gasteiger partial charge in [0, 0.05) is 85.4 Å². The third kappa shape index (κ3) is 7.05. The maximum absolute atomic E-state index is 6.23. The summed E-state index contributed by atoms with van der Waals surface area (Å²) < 4.78 is 14.7. The number of hydrogen-bond acceptors (Lipinski definition) is 10. The fourth-order valence-corrected chi connectivity index (χ4v) is 7.55. The Bertz CT molecular complexity index is 1890. The zero-order chi connectivity index (χ0) is 32.5. The van der Waals surface area contributed by atoms with E-state index >= 15 is 0 Å². The first-order valence-electron chi connectivity index (χ1n) is 15.9. The summed E-state index contributed by atoms with van der Waals surface area (Å²) in [7, 11) is 3.14. The first kappa shape index (κ1) is 31.7. The van der Waals surface area contributed by atoms with Crippen LogP contribution in [0.3, 0.4) is 0 Å². The number of benzene rings is 2. The zero-order valence-corrected chi connectivity index (χ0v) is 29.6. The fraction of sp³-hybridized carbons (Fsp3) is 0.382. The molecule has 1 aliphatic heterocycles. The van der Waals surface area contributed by atoms with Crippen LogP contribution in [0.4, 0.5) is 28.8 Å². The molecule has 0 radical (unpaired) electrons. The van der Waals surface area contributed by atoms with Gasteiger partial charge in [-0.05, 0) is 79.1 Å². The smallest absolute Gasteiger partial charge is 0.229 e. The van der Waals surface area contributed by atoms with Crippen LogP contribution < -0.4 is 25.6 Å². The van der Waals surface area contributed by atoms with Crippen LogP contribution in [-0.2, 0) is 11.8 Å². The molecule has 1 saturated carbocycles. The van der Waals surface area contributed by atoms with Crippen molar-refractivity contribution in [3.8, 4) is 16.9 Å². The molecule has 1 saturated heterocycles. The summed E-state index contributed by atoms with van der Waals surface area (Å²) in [4.78, 5) is 21.1. The van der Waals surface area contributed by atoms with E-state index in [9.17, 15) is 0 Å². The van der Waals surface area contributed by atoms with Gasteiger partial charge in [-0.2, -0.15) is 10.1 Å². The molecule has 5 aromatic rings. The molecule has 4 heterocycles. The maximum Gasteiger partial charge on any atom is 0.229 e. The highest BCUT2D eigenvalue weighted by Gasteiger charge is 2.27. The number of fused-ring (bicyclic) bond motifs is 1. The Morgan fingerprint density at radius 2 is 1.79 bits per heavy atom. The van der Waals surface area contributed by atoms with Gasteiger partial charge in [0.15, 0.2) is 0 Å². The lowest BCUT2D eigenvalue weighted by Crippen LogP contribution is -2.37. The summed E-state index contributed by atoms with van der Waals surface area (Å²) in [6.07, 6.45) is 14.1. The van der Waals surface area contributed by atoms with E-state index in [0.717, 1.165) is 87.5 Å². The molecule has 13 heteroatoms. The van der Waals surface area contributed by atoms with E-state index in [2.05, 4.69) is 77.0 Å². The Labute approximate surface area is 284 Å². The maximum atomic E-state index is 6.23. The molecular weight excluding hydrogens is 677 g/mol. The van der Waals surface area contributed by atoms with Crippen molar-refractivity contribution in [2.24, 2.45) is 13.0 Å². The number of nitrogens with one attached hydrogen (secondary N) is 2. The highest BCUT2D eigenvalue weighted by molar-refractivity contribution is 9.10. The number of rotatable bonds is 11. The van der Waals surface area contributed by atoms with E-state index in [1.165, 1.54) is 12.8 Å². The van der Waals surface area contributed by atoms with Gasteiger partial charge in [-0.3, -0.25) is 14.6 Å². The van der Waals surface area contributed by atoms with Gasteiger partial charge >= 0.3 is 0 Å². The Kier molecular flexibility index (Phi) is 9.25. The Balaban J connectivity index is 1.18. The standard InChI is InChI=1S/C34H39BrN9O2P/c1-43-19-22(17-39-43)24-15-28(30(45-2)16-29(24)44-13-9-23(10-14-44)46-20-21-5-6-21)41-34-38-18-25(35)33(42-34)40-27-8-7-26-31(32(27)47(3)4)37-12-11-36-26/h7-8,11-12,15-19,21,23H,5-6,9-10,13-14,20H2,1-4H3,(H2,38,40,41,42). The first-order valence-corrected chi connectivity index (χ1v) is 18.9. The van der Waals surface area contributed by atoms with Crippen LogP contribution in [0, 0.1) is 5.92 Å². The van der Waals surface area contributed by atoms with E-state index in [1.54, 1.807) is 25.7 Å². The molecule has 0 atom stereocenters. The fourth-order valence-electron chi connectivity index (χ4n) is 6.05.